The molecule has 2 aromatic carbocycles. The zero-order valence-corrected chi connectivity index (χ0v) is 22.3. The third-order valence-electron chi connectivity index (χ3n) is 5.25. The van der Waals surface area contributed by atoms with Gasteiger partial charge in [0.05, 0.1) is 44.5 Å². The molecule has 0 saturated carbocycles. The summed E-state index contributed by atoms with van der Waals surface area (Å²) in [5.74, 6) is 3.83. The predicted octanol–water partition coefficient (Wildman–Crippen LogP) is 4.13. The Hall–Kier alpha value is -2.69. The summed E-state index contributed by atoms with van der Waals surface area (Å²) < 4.78 is 18.6. The number of nitrogens with zero attached hydrogens (tertiary/aromatic N) is 3. The molecule has 0 bridgehead atoms. The Labute approximate surface area is 212 Å². The van der Waals surface area contributed by atoms with E-state index in [1.54, 1.807) is 21.3 Å². The molecule has 33 heavy (non-hydrogen) atoms. The van der Waals surface area contributed by atoms with E-state index in [1.165, 1.54) is 5.52 Å². The fourth-order valence-electron chi connectivity index (χ4n) is 3.66. The van der Waals surface area contributed by atoms with Crippen molar-refractivity contribution in [1.82, 2.24) is 20.2 Å². The lowest BCUT2D eigenvalue weighted by molar-refractivity contribution is 0.369. The summed E-state index contributed by atoms with van der Waals surface area (Å²) in [6, 6.07) is 11.9. The Morgan fingerprint density at radius 2 is 1.73 bits per heavy atom. The molecule has 0 aliphatic rings. The maximum atomic E-state index is 5.53. The number of para-hydroxylation sites is 2. The van der Waals surface area contributed by atoms with Crippen LogP contribution < -0.4 is 24.8 Å². The molecule has 2 N–H and O–H groups in total. The minimum absolute atomic E-state index is 0. The smallest absolute Gasteiger partial charge is 0.191 e. The van der Waals surface area contributed by atoms with Crippen molar-refractivity contribution in [3.8, 4) is 17.2 Å². The normalized spacial score (nSPS) is 11.1. The van der Waals surface area contributed by atoms with E-state index in [-0.39, 0.29) is 24.0 Å². The van der Waals surface area contributed by atoms with Gasteiger partial charge < -0.3 is 29.4 Å². The molecule has 0 unspecified atom stereocenters. The molecule has 0 atom stereocenters. The molecule has 0 aliphatic carbocycles. The Morgan fingerprint density at radius 1 is 1.03 bits per heavy atom. The zero-order valence-electron chi connectivity index (χ0n) is 20.0. The van der Waals surface area contributed by atoms with Gasteiger partial charge in [-0.2, -0.15) is 0 Å². The van der Waals surface area contributed by atoms with E-state index in [1.807, 2.05) is 25.1 Å². The first-order chi connectivity index (χ1) is 15.6. The number of imidazole rings is 1. The van der Waals surface area contributed by atoms with Crippen LogP contribution in [0.4, 0.5) is 0 Å². The highest BCUT2D eigenvalue weighted by atomic mass is 127. The van der Waals surface area contributed by atoms with Crippen LogP contribution >= 0.6 is 24.0 Å². The van der Waals surface area contributed by atoms with Crippen LogP contribution in [0.15, 0.2) is 41.4 Å². The number of hydrogen-bond acceptors (Lipinski definition) is 5. The van der Waals surface area contributed by atoms with E-state index >= 15 is 0 Å². The second kappa shape index (κ2) is 13.1. The zero-order chi connectivity index (χ0) is 22.9. The molecule has 0 saturated heterocycles. The Morgan fingerprint density at radius 3 is 2.36 bits per heavy atom. The lowest BCUT2D eigenvalue weighted by Gasteiger charge is -2.15. The largest absolute Gasteiger partial charge is 0.496 e. The van der Waals surface area contributed by atoms with Crippen LogP contribution in [0, 0.1) is 6.92 Å². The molecule has 3 aromatic rings. The second-order valence-corrected chi connectivity index (χ2v) is 7.29. The van der Waals surface area contributed by atoms with Crippen LogP contribution in [0.5, 0.6) is 17.2 Å². The third kappa shape index (κ3) is 6.66. The van der Waals surface area contributed by atoms with Crippen molar-refractivity contribution in [1.29, 1.82) is 0 Å². The molecular formula is C24H34IN5O3. The number of hydrogen-bond donors (Lipinski definition) is 2. The van der Waals surface area contributed by atoms with Gasteiger partial charge in [-0.3, -0.25) is 0 Å². The minimum Gasteiger partial charge on any atom is -0.496 e. The van der Waals surface area contributed by atoms with Gasteiger partial charge in [0.25, 0.3) is 0 Å². The molecule has 0 radical (unpaired) electrons. The first kappa shape index (κ1) is 26.6. The van der Waals surface area contributed by atoms with Crippen LogP contribution in [0.2, 0.25) is 0 Å². The average Bonchev–Trinajstić information content (AvgIpc) is 3.14. The lowest BCUT2D eigenvalue weighted by atomic mass is 10.1. The second-order valence-electron chi connectivity index (χ2n) is 7.29. The predicted molar refractivity (Wildman–Crippen MR) is 143 cm³/mol. The maximum Gasteiger partial charge on any atom is 0.191 e. The summed E-state index contributed by atoms with van der Waals surface area (Å²) in [6.45, 7) is 6.96. The topological polar surface area (TPSA) is 81.9 Å². The molecule has 1 aromatic heterocycles. The highest BCUT2D eigenvalue weighted by molar-refractivity contribution is 14.0. The number of fused-ring (bicyclic) bond motifs is 1. The van der Waals surface area contributed by atoms with E-state index in [0.717, 1.165) is 48.9 Å². The average molecular weight is 567 g/mol. The van der Waals surface area contributed by atoms with Crippen molar-refractivity contribution >= 4 is 41.0 Å². The number of aliphatic imine (C=N–C) groups is 1. The highest BCUT2D eigenvalue weighted by Gasteiger charge is 2.13. The number of ether oxygens (including phenoxy) is 3. The summed E-state index contributed by atoms with van der Waals surface area (Å²) in [5.41, 5.74) is 3.08. The van der Waals surface area contributed by atoms with Crippen LogP contribution in [0.25, 0.3) is 11.0 Å². The highest BCUT2D eigenvalue weighted by Crippen LogP contribution is 2.34. The van der Waals surface area contributed by atoms with Gasteiger partial charge in [-0.15, -0.1) is 24.0 Å². The molecular weight excluding hydrogens is 533 g/mol. The standard InChI is InChI=1S/C24H33N5O3.HI/c1-6-25-24(27-16-19-22(31-4)14-18(30-3)15-23(19)32-5)26-12-9-13-29-17(2)28-20-10-7-8-11-21(20)29;/h7-8,10-11,14-15H,6,9,12-13,16H2,1-5H3,(H2,25,26,27);1H. The first-order valence-corrected chi connectivity index (χ1v) is 10.8. The van der Waals surface area contributed by atoms with Crippen LogP contribution in [0.3, 0.4) is 0 Å². The Bertz CT molecular complexity index is 1040. The minimum atomic E-state index is 0. The summed E-state index contributed by atoms with van der Waals surface area (Å²) >= 11 is 0. The number of rotatable bonds is 10. The number of guanidine groups is 1. The van der Waals surface area contributed by atoms with Crippen molar-refractivity contribution in [2.45, 2.75) is 33.4 Å². The number of benzene rings is 2. The fourth-order valence-corrected chi connectivity index (χ4v) is 3.66. The first-order valence-electron chi connectivity index (χ1n) is 10.8. The summed E-state index contributed by atoms with van der Waals surface area (Å²) in [6.07, 6.45) is 0.945. The van der Waals surface area contributed by atoms with E-state index in [9.17, 15) is 0 Å². The van der Waals surface area contributed by atoms with E-state index in [0.29, 0.717) is 23.8 Å². The van der Waals surface area contributed by atoms with Gasteiger partial charge in [-0.25, -0.2) is 9.98 Å². The van der Waals surface area contributed by atoms with Gasteiger partial charge in [0.15, 0.2) is 5.96 Å². The number of nitrogens with one attached hydrogen (secondary N) is 2. The quantitative estimate of drug-likeness (QED) is 0.166. The number of halogens is 1. The van der Waals surface area contributed by atoms with Crippen LogP contribution in [0.1, 0.15) is 24.7 Å². The summed E-state index contributed by atoms with van der Waals surface area (Å²) in [4.78, 5) is 9.37. The molecule has 180 valence electrons. The molecule has 8 nitrogen and oxygen atoms in total. The number of methoxy groups -OCH3 is 3. The monoisotopic (exact) mass is 567 g/mol. The van der Waals surface area contributed by atoms with Crippen LogP contribution in [-0.2, 0) is 13.1 Å². The maximum absolute atomic E-state index is 5.53. The molecule has 0 spiro atoms. The summed E-state index contributed by atoms with van der Waals surface area (Å²) in [5, 5.41) is 6.72. The van der Waals surface area contributed by atoms with Crippen molar-refractivity contribution in [2.24, 2.45) is 4.99 Å². The van der Waals surface area contributed by atoms with Gasteiger partial charge in [-0.1, -0.05) is 12.1 Å². The molecule has 0 amide bonds. The van der Waals surface area contributed by atoms with Gasteiger partial charge in [0, 0.05) is 31.8 Å². The van der Waals surface area contributed by atoms with Crippen LogP contribution in [-0.4, -0.2) is 49.9 Å². The Kier molecular flexibility index (Phi) is 10.6. The van der Waals surface area contributed by atoms with Gasteiger partial charge in [-0.05, 0) is 32.4 Å². The van der Waals surface area contributed by atoms with Crippen molar-refractivity contribution in [3.05, 3.63) is 47.8 Å². The van der Waals surface area contributed by atoms with E-state index < -0.39 is 0 Å². The fraction of sp³-hybridized carbons (Fsp3) is 0.417. The molecule has 1 heterocycles. The molecule has 0 aliphatic heterocycles. The van der Waals surface area contributed by atoms with Crippen molar-refractivity contribution in [3.63, 3.8) is 0 Å². The Balaban J connectivity index is 0.00000385. The summed E-state index contributed by atoms with van der Waals surface area (Å²) in [7, 11) is 4.88. The third-order valence-corrected chi connectivity index (χ3v) is 5.25. The molecule has 3 rings (SSSR count). The van der Waals surface area contributed by atoms with Gasteiger partial charge in [0.2, 0.25) is 0 Å². The number of aryl methyl sites for hydroxylation is 2. The van der Waals surface area contributed by atoms with Gasteiger partial charge >= 0.3 is 0 Å². The lowest BCUT2D eigenvalue weighted by Crippen LogP contribution is -2.38. The van der Waals surface area contributed by atoms with E-state index in [2.05, 4.69) is 45.3 Å². The van der Waals surface area contributed by atoms with E-state index in [4.69, 9.17) is 19.2 Å². The number of aromatic nitrogens is 2. The van der Waals surface area contributed by atoms with Crippen molar-refractivity contribution < 1.29 is 14.2 Å². The van der Waals surface area contributed by atoms with Crippen molar-refractivity contribution in [2.75, 3.05) is 34.4 Å². The molecule has 0 fully saturated rings. The van der Waals surface area contributed by atoms with Gasteiger partial charge in [0.1, 0.15) is 23.1 Å². The molecule has 9 heteroatoms. The SMILES string of the molecule is CCNC(=NCc1c(OC)cc(OC)cc1OC)NCCCn1c(C)nc2ccccc21.I.